The number of hydrogen-bond donors (Lipinski definition) is 1. The molecule has 1 aromatic rings. The molecule has 0 fully saturated rings. The summed E-state index contributed by atoms with van der Waals surface area (Å²) in [7, 11) is 2.26. The highest BCUT2D eigenvalue weighted by atomic mass is 16.8. The molecule has 0 heterocycles. The van der Waals surface area contributed by atoms with Gasteiger partial charge in [0, 0.05) is 19.8 Å². The van der Waals surface area contributed by atoms with E-state index in [1.807, 2.05) is 0 Å². The molecule has 1 N–H and O–H groups in total. The summed E-state index contributed by atoms with van der Waals surface area (Å²) in [5.41, 5.74) is 0.112. The van der Waals surface area contributed by atoms with Gasteiger partial charge in [0.25, 0.3) is 5.78 Å². The summed E-state index contributed by atoms with van der Waals surface area (Å²) in [6, 6.07) is 5.37. The van der Waals surface area contributed by atoms with Crippen LogP contribution in [0.2, 0.25) is 0 Å². The lowest BCUT2D eigenvalue weighted by Crippen LogP contribution is -2.42. The highest BCUT2D eigenvalue weighted by Gasteiger charge is 2.37. The molecule has 0 radical (unpaired) electrons. The summed E-state index contributed by atoms with van der Waals surface area (Å²) >= 11 is 0. The van der Waals surface area contributed by atoms with Crippen LogP contribution in [0.25, 0.3) is 0 Å². The SMILES string of the molecule is C=COC(=O)Oc1ccc(C(=O)C(O)(OC)OC)cc1. The number of aliphatic hydroxyl groups is 1. The van der Waals surface area contributed by atoms with Gasteiger partial charge < -0.3 is 24.1 Å². The summed E-state index contributed by atoms with van der Waals surface area (Å²) in [5, 5.41) is 9.72. The smallest absolute Gasteiger partial charge is 0.403 e. The summed E-state index contributed by atoms with van der Waals surface area (Å²) < 4.78 is 18.3. The molecule has 0 aliphatic carbocycles. The molecule has 0 aliphatic heterocycles. The molecule has 1 aromatic carbocycles. The van der Waals surface area contributed by atoms with Crippen molar-refractivity contribution in [2.75, 3.05) is 14.2 Å². The first-order valence-corrected chi connectivity index (χ1v) is 5.43. The quantitative estimate of drug-likeness (QED) is 0.278. The van der Waals surface area contributed by atoms with Crippen LogP contribution < -0.4 is 4.74 Å². The summed E-state index contributed by atoms with van der Waals surface area (Å²) in [6.45, 7) is 3.20. The van der Waals surface area contributed by atoms with Crippen molar-refractivity contribution in [3.8, 4) is 5.75 Å². The molecule has 0 aliphatic rings. The van der Waals surface area contributed by atoms with Gasteiger partial charge in [-0.05, 0) is 24.3 Å². The van der Waals surface area contributed by atoms with Crippen molar-refractivity contribution in [3.05, 3.63) is 42.7 Å². The Hall–Kier alpha value is -2.22. The lowest BCUT2D eigenvalue weighted by Gasteiger charge is -2.22. The number of rotatable bonds is 6. The van der Waals surface area contributed by atoms with Crippen LogP contribution in [0.5, 0.6) is 5.75 Å². The molecular weight excluding hydrogens is 268 g/mol. The summed E-state index contributed by atoms with van der Waals surface area (Å²) in [4.78, 5) is 22.9. The average molecular weight is 282 g/mol. The van der Waals surface area contributed by atoms with Crippen LogP contribution in [0.15, 0.2) is 37.1 Å². The van der Waals surface area contributed by atoms with Crippen molar-refractivity contribution in [3.63, 3.8) is 0 Å². The molecule has 0 saturated heterocycles. The van der Waals surface area contributed by atoms with E-state index in [1.54, 1.807) is 0 Å². The number of ketones is 1. The van der Waals surface area contributed by atoms with E-state index in [0.717, 1.165) is 20.5 Å². The second-order valence-electron chi connectivity index (χ2n) is 3.48. The maximum absolute atomic E-state index is 11.9. The van der Waals surface area contributed by atoms with Gasteiger partial charge >= 0.3 is 12.1 Å². The first kappa shape index (κ1) is 15.8. The number of carbonyl (C=O) groups is 2. The second kappa shape index (κ2) is 6.80. The van der Waals surface area contributed by atoms with Crippen LogP contribution in [0.4, 0.5) is 4.79 Å². The zero-order chi connectivity index (χ0) is 15.2. The first-order chi connectivity index (χ1) is 9.46. The molecule has 7 heteroatoms. The number of methoxy groups -OCH3 is 2. The summed E-state index contributed by atoms with van der Waals surface area (Å²) in [6.07, 6.45) is -0.0262. The molecule has 108 valence electrons. The first-order valence-electron chi connectivity index (χ1n) is 5.43. The largest absolute Gasteiger partial charge is 0.518 e. The van der Waals surface area contributed by atoms with Crippen LogP contribution in [-0.4, -0.2) is 37.2 Å². The Morgan fingerprint density at radius 1 is 1.20 bits per heavy atom. The van der Waals surface area contributed by atoms with Gasteiger partial charge in [0.1, 0.15) is 5.75 Å². The third-order valence-electron chi connectivity index (χ3n) is 2.34. The lowest BCUT2D eigenvalue weighted by molar-refractivity contribution is -0.298. The normalized spacial score (nSPS) is 10.8. The second-order valence-corrected chi connectivity index (χ2v) is 3.48. The Bertz CT molecular complexity index is 488. The van der Waals surface area contributed by atoms with Crippen LogP contribution in [-0.2, 0) is 14.2 Å². The van der Waals surface area contributed by atoms with Crippen molar-refractivity contribution < 1.29 is 33.6 Å². The van der Waals surface area contributed by atoms with Crippen molar-refractivity contribution >= 4 is 11.9 Å². The minimum absolute atomic E-state index is 0.112. The fourth-order valence-corrected chi connectivity index (χ4v) is 1.31. The van der Waals surface area contributed by atoms with Crippen molar-refractivity contribution in [1.29, 1.82) is 0 Å². The lowest BCUT2D eigenvalue weighted by atomic mass is 10.1. The van der Waals surface area contributed by atoms with E-state index in [9.17, 15) is 14.7 Å². The van der Waals surface area contributed by atoms with E-state index in [1.165, 1.54) is 24.3 Å². The van der Waals surface area contributed by atoms with Crippen molar-refractivity contribution in [1.82, 2.24) is 0 Å². The summed E-state index contributed by atoms with van der Waals surface area (Å²) in [5.74, 6) is -2.99. The molecule has 7 nitrogen and oxygen atoms in total. The van der Waals surface area contributed by atoms with Crippen molar-refractivity contribution in [2.24, 2.45) is 0 Å². The number of carbonyl (C=O) groups excluding carboxylic acids is 2. The molecule has 0 unspecified atom stereocenters. The predicted molar refractivity (Wildman–Crippen MR) is 67.0 cm³/mol. The highest BCUT2D eigenvalue weighted by molar-refractivity contribution is 6.00. The van der Waals surface area contributed by atoms with E-state index in [4.69, 9.17) is 4.74 Å². The molecular formula is C13H14O7. The molecule has 20 heavy (non-hydrogen) atoms. The predicted octanol–water partition coefficient (Wildman–Crippen LogP) is 1.47. The maximum atomic E-state index is 11.9. The monoisotopic (exact) mass is 282 g/mol. The van der Waals surface area contributed by atoms with Gasteiger partial charge in [0.15, 0.2) is 0 Å². The maximum Gasteiger partial charge on any atom is 0.518 e. The van der Waals surface area contributed by atoms with E-state index in [-0.39, 0.29) is 11.3 Å². The minimum Gasteiger partial charge on any atom is -0.403 e. The fraction of sp³-hybridized carbons (Fsp3) is 0.231. The Morgan fingerprint density at radius 2 is 1.75 bits per heavy atom. The number of benzene rings is 1. The molecule has 0 saturated carbocycles. The van der Waals surface area contributed by atoms with Gasteiger partial charge in [-0.25, -0.2) is 4.79 Å². The number of ether oxygens (including phenoxy) is 4. The van der Waals surface area contributed by atoms with Gasteiger partial charge in [-0.1, -0.05) is 6.58 Å². The molecule has 0 aromatic heterocycles. The number of hydrogen-bond acceptors (Lipinski definition) is 7. The average Bonchev–Trinajstić information content (AvgIpc) is 2.46. The zero-order valence-corrected chi connectivity index (χ0v) is 11.0. The van der Waals surface area contributed by atoms with Crippen molar-refractivity contribution in [2.45, 2.75) is 5.97 Å². The van der Waals surface area contributed by atoms with Gasteiger partial charge in [0.05, 0.1) is 6.26 Å². The molecule has 0 amide bonds. The standard InChI is InChI=1S/C13H14O7/c1-4-19-12(15)20-10-7-5-9(6-8-10)11(14)13(16,17-2)18-3/h4-8,16H,1H2,2-3H3. The zero-order valence-electron chi connectivity index (χ0n) is 11.0. The van der Waals surface area contributed by atoms with Gasteiger partial charge in [0.2, 0.25) is 0 Å². The number of Topliss-reactive ketones (excluding diaryl/α,β-unsaturated/α-hetero) is 1. The third-order valence-corrected chi connectivity index (χ3v) is 2.34. The molecule has 0 spiro atoms. The Kier molecular flexibility index (Phi) is 5.39. The van der Waals surface area contributed by atoms with E-state index in [2.05, 4.69) is 20.8 Å². The molecule has 0 bridgehead atoms. The van der Waals surface area contributed by atoms with E-state index in [0.29, 0.717) is 0 Å². The highest BCUT2D eigenvalue weighted by Crippen LogP contribution is 2.19. The molecule has 1 rings (SSSR count). The van der Waals surface area contributed by atoms with E-state index < -0.39 is 17.9 Å². The van der Waals surface area contributed by atoms with Crippen LogP contribution in [0.1, 0.15) is 10.4 Å². The fourth-order valence-electron chi connectivity index (χ4n) is 1.31. The molecule has 0 atom stereocenters. The van der Waals surface area contributed by atoms with E-state index >= 15 is 0 Å². The van der Waals surface area contributed by atoms with Crippen LogP contribution in [0, 0.1) is 0 Å². The Morgan fingerprint density at radius 3 is 2.20 bits per heavy atom. The Balaban J connectivity index is 2.83. The third kappa shape index (κ3) is 3.64. The van der Waals surface area contributed by atoms with Gasteiger partial charge in [-0.15, -0.1) is 0 Å². The van der Waals surface area contributed by atoms with Crippen LogP contribution in [0.3, 0.4) is 0 Å². The Labute approximate surface area is 115 Å². The topological polar surface area (TPSA) is 91.3 Å². The van der Waals surface area contributed by atoms with Crippen LogP contribution >= 0.6 is 0 Å². The van der Waals surface area contributed by atoms with Gasteiger partial charge in [-0.2, -0.15) is 0 Å². The minimum atomic E-state index is -2.36. The van der Waals surface area contributed by atoms with Gasteiger partial charge in [-0.3, -0.25) is 4.79 Å².